The SMILES string of the molecule is CCCCCCCCCCCCCCCCCCCC(=O)OCC(COC(=O)CCCCCCCCCCCCCCCCCCC)(COC(=O)C(C)CCCCCCCCCCCCCCCCC)COC(=O)C1CCCCCCCCCCCCCCCCCC1. The van der Waals surface area contributed by atoms with E-state index in [2.05, 4.69) is 20.8 Å². The van der Waals surface area contributed by atoms with Crippen molar-refractivity contribution < 1.29 is 38.1 Å². The molecule has 0 radical (unpaired) electrons. The summed E-state index contributed by atoms with van der Waals surface area (Å²) in [6.45, 7) is 8.18. The number of unbranched alkanes of at least 4 members (excludes halogenated alkanes) is 46. The molecule has 1 aliphatic carbocycles. The summed E-state index contributed by atoms with van der Waals surface area (Å²) in [5.41, 5.74) is -1.23. The highest BCUT2D eigenvalue weighted by Crippen LogP contribution is 2.28. The van der Waals surface area contributed by atoms with Gasteiger partial charge in [0.2, 0.25) is 0 Å². The van der Waals surface area contributed by atoms with Crippen molar-refractivity contribution in [2.45, 2.75) is 477 Å². The van der Waals surface area contributed by atoms with Gasteiger partial charge in [0.1, 0.15) is 31.8 Å². The largest absolute Gasteiger partial charge is 0.465 e. The van der Waals surface area contributed by atoms with Crippen LogP contribution in [0.3, 0.4) is 0 Å². The standard InChI is InChI=1S/C85H162O8/c1-5-8-11-14-17-20-23-26-29-31-38-43-48-53-58-63-68-73-81(86)90-75-85(76-91-82(87)74-69-64-59-54-49-44-39-32-30-27-24-21-18-15-12-9-6-2,77-92-83(88)79(4)70-65-60-55-50-45-40-35-28-25-22-19-16-13-10-7-3)78-93-84(89)80-71-66-61-56-51-46-41-36-33-34-37-42-47-52-57-62-67-72-80/h79-80H,5-78H2,1-4H3. The maximum atomic E-state index is 14.5. The average molecular weight is 1310 g/mol. The zero-order chi connectivity index (χ0) is 67.1. The third-order valence-electron chi connectivity index (χ3n) is 20.9. The van der Waals surface area contributed by atoms with Crippen molar-refractivity contribution in [3.8, 4) is 0 Å². The van der Waals surface area contributed by atoms with Gasteiger partial charge >= 0.3 is 23.9 Å². The molecule has 1 fully saturated rings. The number of hydrogen-bond donors (Lipinski definition) is 0. The second kappa shape index (κ2) is 71.2. The van der Waals surface area contributed by atoms with E-state index in [0.29, 0.717) is 12.8 Å². The first kappa shape index (κ1) is 88.9. The Bertz CT molecular complexity index is 1510. The lowest BCUT2D eigenvalue weighted by Gasteiger charge is -2.32. The van der Waals surface area contributed by atoms with E-state index in [-0.39, 0.29) is 62.1 Å². The Kier molecular flexibility index (Phi) is 68.0. The van der Waals surface area contributed by atoms with Crippen molar-refractivity contribution in [3.63, 3.8) is 0 Å². The molecule has 8 heteroatoms. The highest BCUT2D eigenvalue weighted by molar-refractivity contribution is 5.73. The first-order valence-electron chi connectivity index (χ1n) is 42.4. The van der Waals surface area contributed by atoms with Gasteiger partial charge in [0.15, 0.2) is 0 Å². The first-order valence-corrected chi connectivity index (χ1v) is 42.4. The Hall–Kier alpha value is -2.12. The van der Waals surface area contributed by atoms with Gasteiger partial charge in [-0.1, -0.05) is 432 Å². The minimum atomic E-state index is -1.23. The van der Waals surface area contributed by atoms with E-state index in [4.69, 9.17) is 18.9 Å². The Balaban J connectivity index is 3.04. The predicted octanol–water partition coefficient (Wildman–Crippen LogP) is 27.8. The zero-order valence-corrected chi connectivity index (χ0v) is 63.2. The maximum Gasteiger partial charge on any atom is 0.308 e. The van der Waals surface area contributed by atoms with E-state index in [1.165, 1.54) is 340 Å². The number of rotatable bonds is 62. The normalized spacial score (nSPS) is 14.9. The molecule has 93 heavy (non-hydrogen) atoms. The summed E-state index contributed by atoms with van der Waals surface area (Å²) in [5.74, 6) is -1.70. The van der Waals surface area contributed by atoms with Gasteiger partial charge in [0.25, 0.3) is 0 Å². The molecule has 1 aliphatic rings. The molecule has 550 valence electrons. The minimum Gasteiger partial charge on any atom is -0.465 e. The topological polar surface area (TPSA) is 105 Å². The van der Waals surface area contributed by atoms with Gasteiger partial charge in [-0.25, -0.2) is 0 Å². The molecular weight excluding hydrogens is 1150 g/mol. The van der Waals surface area contributed by atoms with Crippen molar-refractivity contribution in [1.29, 1.82) is 0 Å². The molecule has 0 spiro atoms. The molecule has 1 atom stereocenters. The molecule has 0 aromatic rings. The molecule has 1 saturated carbocycles. The molecule has 0 aromatic heterocycles. The molecule has 0 saturated heterocycles. The smallest absolute Gasteiger partial charge is 0.308 e. The lowest BCUT2D eigenvalue weighted by atomic mass is 9.91. The first-order chi connectivity index (χ1) is 45.8. The van der Waals surface area contributed by atoms with Crippen molar-refractivity contribution in [2.24, 2.45) is 17.3 Å². The van der Waals surface area contributed by atoms with Crippen LogP contribution in [0.25, 0.3) is 0 Å². The second-order valence-electron chi connectivity index (χ2n) is 30.4. The molecule has 0 aromatic carbocycles. The molecule has 0 bridgehead atoms. The van der Waals surface area contributed by atoms with Crippen LogP contribution in [0.5, 0.6) is 0 Å². The summed E-state index contributed by atoms with van der Waals surface area (Å²) >= 11 is 0. The number of carbonyl (C=O) groups is 4. The highest BCUT2D eigenvalue weighted by Gasteiger charge is 2.39. The molecular formula is C85H162O8. The predicted molar refractivity (Wildman–Crippen MR) is 399 cm³/mol. The Morgan fingerprint density at radius 2 is 0.495 bits per heavy atom. The monoisotopic (exact) mass is 1310 g/mol. The Morgan fingerprint density at radius 1 is 0.280 bits per heavy atom. The number of ether oxygens (including phenoxy) is 4. The molecule has 0 heterocycles. The quantitative estimate of drug-likeness (QED) is 0.0337. The van der Waals surface area contributed by atoms with Crippen molar-refractivity contribution >= 4 is 23.9 Å². The number of esters is 4. The molecule has 1 unspecified atom stereocenters. The summed E-state index contributed by atoms with van der Waals surface area (Å²) in [7, 11) is 0. The lowest BCUT2D eigenvalue weighted by molar-refractivity contribution is -0.173. The van der Waals surface area contributed by atoms with Gasteiger partial charge in [0.05, 0.1) is 11.8 Å². The highest BCUT2D eigenvalue weighted by atomic mass is 16.6. The van der Waals surface area contributed by atoms with E-state index < -0.39 is 5.41 Å². The van der Waals surface area contributed by atoms with E-state index in [0.717, 1.165) is 96.3 Å². The van der Waals surface area contributed by atoms with Gasteiger partial charge in [0, 0.05) is 12.8 Å². The molecule has 8 nitrogen and oxygen atoms in total. The van der Waals surface area contributed by atoms with Crippen LogP contribution in [0, 0.1) is 17.3 Å². The van der Waals surface area contributed by atoms with Crippen LogP contribution in [0.4, 0.5) is 0 Å². The molecule has 0 N–H and O–H groups in total. The second-order valence-corrected chi connectivity index (χ2v) is 30.4. The summed E-state index contributed by atoms with van der Waals surface area (Å²) < 4.78 is 24.9. The van der Waals surface area contributed by atoms with Crippen LogP contribution in [-0.2, 0) is 38.1 Å². The molecule has 1 rings (SSSR count). The minimum absolute atomic E-state index is 0.151. The van der Waals surface area contributed by atoms with Crippen LogP contribution < -0.4 is 0 Å². The fraction of sp³-hybridized carbons (Fsp3) is 0.953. The van der Waals surface area contributed by atoms with Crippen LogP contribution in [0.15, 0.2) is 0 Å². The van der Waals surface area contributed by atoms with Crippen molar-refractivity contribution in [3.05, 3.63) is 0 Å². The van der Waals surface area contributed by atoms with Gasteiger partial charge < -0.3 is 18.9 Å². The van der Waals surface area contributed by atoms with E-state index >= 15 is 0 Å². The Labute approximate surface area is 579 Å². The Morgan fingerprint density at radius 3 is 0.763 bits per heavy atom. The number of hydrogen-bond acceptors (Lipinski definition) is 8. The van der Waals surface area contributed by atoms with Crippen molar-refractivity contribution in [2.75, 3.05) is 26.4 Å². The fourth-order valence-electron chi connectivity index (χ4n) is 14.1. The summed E-state index contributed by atoms with van der Waals surface area (Å²) in [5, 5.41) is 0. The van der Waals surface area contributed by atoms with Gasteiger partial charge in [-0.05, 0) is 32.1 Å². The lowest BCUT2D eigenvalue weighted by Crippen LogP contribution is -2.44. The third-order valence-corrected chi connectivity index (χ3v) is 20.9. The van der Waals surface area contributed by atoms with Crippen LogP contribution in [-0.4, -0.2) is 50.3 Å². The van der Waals surface area contributed by atoms with Gasteiger partial charge in [-0.15, -0.1) is 0 Å². The molecule has 0 aliphatic heterocycles. The van der Waals surface area contributed by atoms with E-state index in [1.54, 1.807) is 0 Å². The molecule has 0 amide bonds. The third kappa shape index (κ3) is 61.9. The summed E-state index contributed by atoms with van der Waals surface area (Å²) in [6.07, 6.45) is 85.6. The van der Waals surface area contributed by atoms with Crippen LogP contribution in [0.2, 0.25) is 0 Å². The maximum absolute atomic E-state index is 14.5. The van der Waals surface area contributed by atoms with E-state index in [9.17, 15) is 19.2 Å². The summed E-state index contributed by atoms with van der Waals surface area (Å²) in [6, 6.07) is 0. The van der Waals surface area contributed by atoms with Crippen LogP contribution >= 0.6 is 0 Å². The van der Waals surface area contributed by atoms with Gasteiger partial charge in [-0.3, -0.25) is 19.2 Å². The zero-order valence-electron chi connectivity index (χ0n) is 63.2. The van der Waals surface area contributed by atoms with Gasteiger partial charge in [-0.2, -0.15) is 0 Å². The average Bonchev–Trinajstić information content (AvgIpc) is 2.11. The fourth-order valence-corrected chi connectivity index (χ4v) is 14.1. The van der Waals surface area contributed by atoms with Crippen molar-refractivity contribution in [1.82, 2.24) is 0 Å². The number of carbonyl (C=O) groups excluding carboxylic acids is 4. The van der Waals surface area contributed by atoms with E-state index in [1.807, 2.05) is 6.92 Å². The van der Waals surface area contributed by atoms with Crippen LogP contribution in [0.1, 0.15) is 477 Å². The summed E-state index contributed by atoms with van der Waals surface area (Å²) in [4.78, 5) is 55.9.